The Morgan fingerprint density at radius 2 is 1.91 bits per heavy atom. The standard InChI is InChI=1S/C17H23N3OS.ClH/c1-11(2)9-14(18)16(21)19-12(3)17-20-15(10-22-17)13-7-5-4-6-8-13;/h4-8,10-12,14H,9,18H2,1-3H3,(H,19,21);1H/t12?,14-;/m0./s1. The molecule has 126 valence electrons. The first-order chi connectivity index (χ1) is 10.5. The first-order valence-corrected chi connectivity index (χ1v) is 8.42. The van der Waals surface area contributed by atoms with Crippen LogP contribution >= 0.6 is 23.7 Å². The van der Waals surface area contributed by atoms with Crippen molar-refractivity contribution in [2.24, 2.45) is 11.7 Å². The summed E-state index contributed by atoms with van der Waals surface area (Å²) in [6, 6.07) is 9.43. The molecule has 1 amide bonds. The number of thiazole rings is 1. The molecule has 0 saturated carbocycles. The molecule has 1 unspecified atom stereocenters. The Hall–Kier alpha value is -1.43. The summed E-state index contributed by atoms with van der Waals surface area (Å²) in [4.78, 5) is 16.7. The Kier molecular flexibility index (Phi) is 7.68. The first-order valence-electron chi connectivity index (χ1n) is 7.54. The zero-order chi connectivity index (χ0) is 16.1. The van der Waals surface area contributed by atoms with Crippen LogP contribution in [-0.2, 0) is 4.79 Å². The third kappa shape index (κ3) is 5.61. The summed E-state index contributed by atoms with van der Waals surface area (Å²) in [5, 5.41) is 5.86. The molecule has 2 rings (SSSR count). The molecule has 3 N–H and O–H groups in total. The van der Waals surface area contributed by atoms with Crippen LogP contribution in [0.4, 0.5) is 0 Å². The van der Waals surface area contributed by atoms with Gasteiger partial charge in [-0.3, -0.25) is 4.79 Å². The van der Waals surface area contributed by atoms with Gasteiger partial charge in [-0.05, 0) is 19.3 Å². The normalized spacial score (nSPS) is 13.3. The number of carbonyl (C=O) groups is 1. The predicted octanol–water partition coefficient (Wildman–Crippen LogP) is 3.78. The Morgan fingerprint density at radius 3 is 2.52 bits per heavy atom. The van der Waals surface area contributed by atoms with Gasteiger partial charge in [-0.1, -0.05) is 44.2 Å². The molecular weight excluding hydrogens is 330 g/mol. The van der Waals surface area contributed by atoms with E-state index in [2.05, 4.69) is 24.1 Å². The molecule has 6 heteroatoms. The first kappa shape index (κ1) is 19.6. The topological polar surface area (TPSA) is 68.0 Å². The highest BCUT2D eigenvalue weighted by Gasteiger charge is 2.19. The molecule has 4 nitrogen and oxygen atoms in total. The number of hydrogen-bond donors (Lipinski definition) is 2. The van der Waals surface area contributed by atoms with Crippen LogP contribution in [-0.4, -0.2) is 16.9 Å². The number of carbonyl (C=O) groups excluding carboxylic acids is 1. The van der Waals surface area contributed by atoms with Crippen molar-refractivity contribution in [2.75, 3.05) is 0 Å². The van der Waals surface area contributed by atoms with Gasteiger partial charge in [0.25, 0.3) is 0 Å². The third-order valence-corrected chi connectivity index (χ3v) is 4.41. The highest BCUT2D eigenvalue weighted by atomic mass is 35.5. The number of nitrogens with two attached hydrogens (primary N) is 1. The summed E-state index contributed by atoms with van der Waals surface area (Å²) in [6.45, 7) is 6.06. The highest BCUT2D eigenvalue weighted by molar-refractivity contribution is 7.10. The molecule has 1 aromatic carbocycles. The van der Waals surface area contributed by atoms with Gasteiger partial charge in [-0.15, -0.1) is 23.7 Å². The predicted molar refractivity (Wildman–Crippen MR) is 98.8 cm³/mol. The van der Waals surface area contributed by atoms with Crippen molar-refractivity contribution in [1.29, 1.82) is 0 Å². The molecule has 0 bridgehead atoms. The van der Waals surface area contributed by atoms with E-state index in [1.165, 1.54) is 0 Å². The van der Waals surface area contributed by atoms with E-state index in [9.17, 15) is 4.79 Å². The highest BCUT2D eigenvalue weighted by Crippen LogP contribution is 2.25. The van der Waals surface area contributed by atoms with E-state index >= 15 is 0 Å². The molecule has 1 heterocycles. The summed E-state index contributed by atoms with van der Waals surface area (Å²) in [7, 11) is 0. The van der Waals surface area contributed by atoms with Crippen LogP contribution in [0.15, 0.2) is 35.7 Å². The number of amides is 1. The van der Waals surface area contributed by atoms with Crippen LogP contribution in [0.25, 0.3) is 11.3 Å². The molecule has 23 heavy (non-hydrogen) atoms. The third-order valence-electron chi connectivity index (χ3n) is 3.38. The second-order valence-electron chi connectivity index (χ2n) is 5.90. The zero-order valence-electron chi connectivity index (χ0n) is 13.7. The average molecular weight is 354 g/mol. The minimum absolute atomic E-state index is 0. The van der Waals surface area contributed by atoms with Crippen LogP contribution in [0.5, 0.6) is 0 Å². The Morgan fingerprint density at radius 1 is 1.26 bits per heavy atom. The summed E-state index contributed by atoms with van der Waals surface area (Å²) in [6.07, 6.45) is 0.686. The molecule has 0 spiro atoms. The molecule has 0 saturated heterocycles. The van der Waals surface area contributed by atoms with E-state index in [0.717, 1.165) is 16.3 Å². The largest absolute Gasteiger partial charge is 0.346 e. The number of rotatable bonds is 6. The van der Waals surface area contributed by atoms with Crippen molar-refractivity contribution >= 4 is 29.7 Å². The number of nitrogens with one attached hydrogen (secondary N) is 1. The summed E-state index contributed by atoms with van der Waals surface area (Å²) < 4.78 is 0. The van der Waals surface area contributed by atoms with Crippen molar-refractivity contribution in [3.8, 4) is 11.3 Å². The smallest absolute Gasteiger partial charge is 0.237 e. The maximum absolute atomic E-state index is 12.1. The van der Waals surface area contributed by atoms with Gasteiger partial charge in [-0.2, -0.15) is 0 Å². The number of hydrogen-bond acceptors (Lipinski definition) is 4. The number of benzene rings is 1. The average Bonchev–Trinajstić information content (AvgIpc) is 2.97. The second-order valence-corrected chi connectivity index (χ2v) is 6.79. The fourth-order valence-corrected chi connectivity index (χ4v) is 3.06. The lowest BCUT2D eigenvalue weighted by molar-refractivity contribution is -0.123. The molecule has 0 aliphatic rings. The van der Waals surface area contributed by atoms with Crippen LogP contribution in [0.1, 0.15) is 38.2 Å². The van der Waals surface area contributed by atoms with E-state index in [1.54, 1.807) is 11.3 Å². The van der Waals surface area contributed by atoms with Crippen molar-refractivity contribution in [3.63, 3.8) is 0 Å². The maximum atomic E-state index is 12.1. The fraction of sp³-hybridized carbons (Fsp3) is 0.412. The van der Waals surface area contributed by atoms with Gasteiger partial charge >= 0.3 is 0 Å². The van der Waals surface area contributed by atoms with Gasteiger partial charge in [0.15, 0.2) is 0 Å². The van der Waals surface area contributed by atoms with Crippen molar-refractivity contribution in [1.82, 2.24) is 10.3 Å². The maximum Gasteiger partial charge on any atom is 0.237 e. The van der Waals surface area contributed by atoms with E-state index in [1.807, 2.05) is 42.6 Å². The quantitative estimate of drug-likeness (QED) is 0.830. The Balaban J connectivity index is 0.00000264. The van der Waals surface area contributed by atoms with Gasteiger partial charge in [-0.25, -0.2) is 4.98 Å². The molecule has 0 aliphatic heterocycles. The molecule has 2 aromatic rings. The molecular formula is C17H24ClN3OS. The van der Waals surface area contributed by atoms with Gasteiger partial charge in [0.2, 0.25) is 5.91 Å². The minimum atomic E-state index is -0.462. The van der Waals surface area contributed by atoms with Crippen molar-refractivity contribution in [3.05, 3.63) is 40.7 Å². The fourth-order valence-electron chi connectivity index (χ4n) is 2.23. The Bertz CT molecular complexity index is 615. The zero-order valence-corrected chi connectivity index (χ0v) is 15.3. The van der Waals surface area contributed by atoms with Crippen LogP contribution < -0.4 is 11.1 Å². The molecule has 1 aromatic heterocycles. The Labute approximate surface area is 147 Å². The van der Waals surface area contributed by atoms with Gasteiger partial charge in [0.05, 0.1) is 17.8 Å². The monoisotopic (exact) mass is 353 g/mol. The molecule has 2 atom stereocenters. The number of aromatic nitrogens is 1. The number of halogens is 1. The summed E-state index contributed by atoms with van der Waals surface area (Å²) in [5.41, 5.74) is 7.93. The van der Waals surface area contributed by atoms with Gasteiger partial charge in [0, 0.05) is 10.9 Å². The summed E-state index contributed by atoms with van der Waals surface area (Å²) >= 11 is 1.55. The number of nitrogens with zero attached hydrogens (tertiary/aromatic N) is 1. The van der Waals surface area contributed by atoms with Gasteiger partial charge < -0.3 is 11.1 Å². The molecule has 0 aliphatic carbocycles. The lowest BCUT2D eigenvalue weighted by Gasteiger charge is -2.17. The second kappa shape index (κ2) is 9.01. The molecule has 0 radical (unpaired) electrons. The van der Waals surface area contributed by atoms with Crippen LogP contribution in [0, 0.1) is 5.92 Å². The lowest BCUT2D eigenvalue weighted by Crippen LogP contribution is -2.42. The van der Waals surface area contributed by atoms with Crippen LogP contribution in [0.2, 0.25) is 0 Å². The lowest BCUT2D eigenvalue weighted by atomic mass is 10.0. The summed E-state index contributed by atoms with van der Waals surface area (Å²) in [5.74, 6) is 0.290. The van der Waals surface area contributed by atoms with E-state index in [-0.39, 0.29) is 24.4 Å². The minimum Gasteiger partial charge on any atom is -0.346 e. The van der Waals surface area contributed by atoms with E-state index < -0.39 is 6.04 Å². The SMILES string of the molecule is CC(C)C[C@H](N)C(=O)NC(C)c1nc(-c2ccccc2)cs1.Cl. The van der Waals surface area contributed by atoms with Gasteiger partial charge in [0.1, 0.15) is 5.01 Å². The van der Waals surface area contributed by atoms with Crippen LogP contribution in [0.3, 0.4) is 0 Å². The van der Waals surface area contributed by atoms with E-state index in [4.69, 9.17) is 5.73 Å². The van der Waals surface area contributed by atoms with Crippen molar-refractivity contribution < 1.29 is 4.79 Å². The molecule has 0 fully saturated rings. The van der Waals surface area contributed by atoms with Crippen molar-refractivity contribution in [2.45, 2.75) is 39.3 Å². The van der Waals surface area contributed by atoms with E-state index in [0.29, 0.717) is 12.3 Å².